The number of hydrogen-bond donors (Lipinski definition) is 0. The van der Waals surface area contributed by atoms with Crippen molar-refractivity contribution in [2.24, 2.45) is 0 Å². The molecule has 0 saturated heterocycles. The quantitative estimate of drug-likeness (QED) is 0.602. The zero-order valence-electron chi connectivity index (χ0n) is 12.9. The van der Waals surface area contributed by atoms with Crippen LogP contribution in [0.5, 0.6) is 0 Å². The van der Waals surface area contributed by atoms with Gasteiger partial charge in [0.2, 0.25) is 6.23 Å². The van der Waals surface area contributed by atoms with E-state index in [-0.39, 0.29) is 5.91 Å². The maximum absolute atomic E-state index is 13.2. The first-order chi connectivity index (χ1) is 12.1. The third-order valence-electron chi connectivity index (χ3n) is 3.93. The van der Waals surface area contributed by atoms with Gasteiger partial charge in [-0.3, -0.25) is 9.69 Å². The molecule has 0 radical (unpaired) electrons. The SMILES string of the molecule is O=C1O[C@@H](c2cccs2)N(C(=O)c2ccc(Cl)cc2)c2ccccc21. The highest BCUT2D eigenvalue weighted by atomic mass is 35.5. The molecule has 4 nitrogen and oxygen atoms in total. The molecule has 2 aromatic carbocycles. The number of thiophene rings is 1. The van der Waals surface area contributed by atoms with E-state index < -0.39 is 12.2 Å². The highest BCUT2D eigenvalue weighted by molar-refractivity contribution is 7.10. The Hall–Kier alpha value is -2.63. The molecule has 1 aromatic heterocycles. The van der Waals surface area contributed by atoms with Gasteiger partial charge in [0.15, 0.2) is 0 Å². The number of halogens is 1. The monoisotopic (exact) mass is 369 g/mol. The third kappa shape index (κ3) is 2.81. The summed E-state index contributed by atoms with van der Waals surface area (Å²) in [5.74, 6) is -0.691. The number of carbonyl (C=O) groups excluding carboxylic acids is 2. The molecule has 0 unspecified atom stereocenters. The summed E-state index contributed by atoms with van der Waals surface area (Å²) in [7, 11) is 0. The van der Waals surface area contributed by atoms with Crippen LogP contribution in [0.15, 0.2) is 66.0 Å². The normalized spacial score (nSPS) is 16.3. The van der Waals surface area contributed by atoms with Crippen LogP contribution in [0.3, 0.4) is 0 Å². The number of ether oxygens (including phenoxy) is 1. The second kappa shape index (κ2) is 6.35. The van der Waals surface area contributed by atoms with Crippen LogP contribution in [-0.2, 0) is 4.74 Å². The number of carbonyl (C=O) groups is 2. The zero-order valence-corrected chi connectivity index (χ0v) is 14.5. The lowest BCUT2D eigenvalue weighted by atomic mass is 10.1. The molecular formula is C19H12ClNO3S. The van der Waals surface area contributed by atoms with Gasteiger partial charge in [0.25, 0.3) is 5.91 Å². The van der Waals surface area contributed by atoms with E-state index in [1.807, 2.05) is 17.5 Å². The van der Waals surface area contributed by atoms with Crippen LogP contribution < -0.4 is 4.90 Å². The van der Waals surface area contributed by atoms with Gasteiger partial charge in [-0.1, -0.05) is 29.8 Å². The predicted octanol–water partition coefficient (Wildman–Crippen LogP) is 4.92. The van der Waals surface area contributed by atoms with E-state index in [0.29, 0.717) is 21.8 Å². The van der Waals surface area contributed by atoms with Gasteiger partial charge in [-0.05, 0) is 47.8 Å². The van der Waals surface area contributed by atoms with Crippen LogP contribution in [0.1, 0.15) is 31.8 Å². The van der Waals surface area contributed by atoms with Crippen molar-refractivity contribution in [3.05, 3.63) is 87.1 Å². The van der Waals surface area contributed by atoms with E-state index in [4.69, 9.17) is 16.3 Å². The van der Waals surface area contributed by atoms with Gasteiger partial charge >= 0.3 is 5.97 Å². The van der Waals surface area contributed by atoms with Crippen molar-refractivity contribution in [1.29, 1.82) is 0 Å². The molecule has 6 heteroatoms. The third-order valence-corrected chi connectivity index (χ3v) is 5.09. The summed E-state index contributed by atoms with van der Waals surface area (Å²) in [5, 5.41) is 2.44. The highest BCUT2D eigenvalue weighted by Crippen LogP contribution is 2.39. The first kappa shape index (κ1) is 15.9. The average Bonchev–Trinajstić information content (AvgIpc) is 3.16. The van der Waals surface area contributed by atoms with Crippen molar-refractivity contribution in [2.75, 3.05) is 4.90 Å². The molecule has 0 N–H and O–H groups in total. The predicted molar refractivity (Wildman–Crippen MR) is 97.2 cm³/mol. The topological polar surface area (TPSA) is 46.6 Å². The molecule has 0 saturated carbocycles. The van der Waals surface area contributed by atoms with E-state index in [0.717, 1.165) is 4.88 Å². The summed E-state index contributed by atoms with van der Waals surface area (Å²) in [6.45, 7) is 0. The summed E-state index contributed by atoms with van der Waals surface area (Å²) in [5.41, 5.74) is 1.38. The van der Waals surface area contributed by atoms with Crippen molar-refractivity contribution in [2.45, 2.75) is 6.23 Å². The van der Waals surface area contributed by atoms with Crippen molar-refractivity contribution >= 4 is 40.5 Å². The molecular weight excluding hydrogens is 358 g/mol. The standard InChI is InChI=1S/C19H12ClNO3S/c20-13-9-7-12(8-10-13)17(22)21-15-5-2-1-4-14(15)19(23)24-18(21)16-6-3-11-25-16/h1-11,18H/t18-/m0/s1. The van der Waals surface area contributed by atoms with E-state index in [1.165, 1.54) is 16.2 Å². The Bertz CT molecular complexity index is 938. The number of para-hydroxylation sites is 1. The molecule has 1 aliphatic rings. The first-order valence-corrected chi connectivity index (χ1v) is 8.83. The fourth-order valence-electron chi connectivity index (χ4n) is 2.76. The number of anilines is 1. The Balaban J connectivity index is 1.85. The molecule has 1 aliphatic heterocycles. The molecule has 0 spiro atoms. The number of rotatable bonds is 2. The maximum atomic E-state index is 13.2. The van der Waals surface area contributed by atoms with Gasteiger partial charge in [0.1, 0.15) is 0 Å². The van der Waals surface area contributed by atoms with Crippen LogP contribution in [0.4, 0.5) is 5.69 Å². The minimum absolute atomic E-state index is 0.255. The Morgan fingerprint density at radius 2 is 1.80 bits per heavy atom. The smallest absolute Gasteiger partial charge is 0.342 e. The van der Waals surface area contributed by atoms with Crippen LogP contribution in [-0.4, -0.2) is 11.9 Å². The Morgan fingerprint density at radius 1 is 1.04 bits per heavy atom. The summed E-state index contributed by atoms with van der Waals surface area (Å²) in [6.07, 6.45) is -0.787. The lowest BCUT2D eigenvalue weighted by Gasteiger charge is -2.35. The number of benzene rings is 2. The summed E-state index contributed by atoms with van der Waals surface area (Å²) < 4.78 is 5.59. The van der Waals surface area contributed by atoms with Crippen molar-refractivity contribution in [3.8, 4) is 0 Å². The maximum Gasteiger partial charge on any atom is 0.342 e. The molecule has 0 fully saturated rings. The Kier molecular flexibility index (Phi) is 4.03. The average molecular weight is 370 g/mol. The highest BCUT2D eigenvalue weighted by Gasteiger charge is 2.38. The van der Waals surface area contributed by atoms with Crippen LogP contribution in [0.25, 0.3) is 0 Å². The lowest BCUT2D eigenvalue weighted by Crippen LogP contribution is -2.41. The number of cyclic esters (lactones) is 1. The minimum Gasteiger partial charge on any atom is -0.432 e. The van der Waals surface area contributed by atoms with Crippen LogP contribution in [0.2, 0.25) is 5.02 Å². The fraction of sp³-hybridized carbons (Fsp3) is 0.0526. The van der Waals surface area contributed by atoms with Gasteiger partial charge in [-0.15, -0.1) is 11.3 Å². The number of esters is 1. The fourth-order valence-corrected chi connectivity index (χ4v) is 3.63. The van der Waals surface area contributed by atoms with E-state index in [9.17, 15) is 9.59 Å². The van der Waals surface area contributed by atoms with Crippen molar-refractivity contribution < 1.29 is 14.3 Å². The second-order valence-electron chi connectivity index (χ2n) is 5.47. The molecule has 0 bridgehead atoms. The van der Waals surface area contributed by atoms with E-state index in [1.54, 1.807) is 48.5 Å². The molecule has 4 rings (SSSR count). The van der Waals surface area contributed by atoms with Crippen molar-refractivity contribution in [1.82, 2.24) is 0 Å². The molecule has 3 aromatic rings. The van der Waals surface area contributed by atoms with E-state index in [2.05, 4.69) is 0 Å². The van der Waals surface area contributed by atoms with Crippen molar-refractivity contribution in [3.63, 3.8) is 0 Å². The summed E-state index contributed by atoms with van der Waals surface area (Å²) in [4.78, 5) is 27.9. The number of amides is 1. The molecule has 124 valence electrons. The van der Waals surface area contributed by atoms with Crippen LogP contribution in [0, 0.1) is 0 Å². The van der Waals surface area contributed by atoms with Gasteiger partial charge in [0, 0.05) is 10.6 Å². The number of nitrogens with zero attached hydrogens (tertiary/aromatic N) is 1. The minimum atomic E-state index is -0.787. The van der Waals surface area contributed by atoms with E-state index >= 15 is 0 Å². The molecule has 0 aliphatic carbocycles. The molecule has 2 heterocycles. The van der Waals surface area contributed by atoms with Crippen LogP contribution >= 0.6 is 22.9 Å². The van der Waals surface area contributed by atoms with Gasteiger partial charge in [-0.25, -0.2) is 4.79 Å². The molecule has 1 atom stereocenters. The largest absolute Gasteiger partial charge is 0.432 e. The summed E-state index contributed by atoms with van der Waals surface area (Å²) >= 11 is 7.35. The van der Waals surface area contributed by atoms with Gasteiger partial charge < -0.3 is 4.74 Å². The Labute approximate surface area is 153 Å². The molecule has 1 amide bonds. The summed E-state index contributed by atoms with van der Waals surface area (Å²) in [6, 6.07) is 17.3. The number of hydrogen-bond acceptors (Lipinski definition) is 4. The zero-order chi connectivity index (χ0) is 17.4. The number of fused-ring (bicyclic) bond motifs is 1. The van der Waals surface area contributed by atoms with Gasteiger partial charge in [-0.2, -0.15) is 0 Å². The Morgan fingerprint density at radius 3 is 2.52 bits per heavy atom. The second-order valence-corrected chi connectivity index (χ2v) is 6.89. The van der Waals surface area contributed by atoms with Gasteiger partial charge in [0.05, 0.1) is 16.1 Å². The lowest BCUT2D eigenvalue weighted by molar-refractivity contribution is 0.0257. The first-order valence-electron chi connectivity index (χ1n) is 7.58. The molecule has 25 heavy (non-hydrogen) atoms.